The van der Waals surface area contributed by atoms with Gasteiger partial charge < -0.3 is 15.3 Å². The normalized spacial score (nSPS) is 19.7. The fourth-order valence-electron chi connectivity index (χ4n) is 2.60. The highest BCUT2D eigenvalue weighted by Crippen LogP contribution is 2.10. The number of hydrogen-bond donors (Lipinski definition) is 2. The van der Waals surface area contributed by atoms with Gasteiger partial charge in [0.1, 0.15) is 0 Å². The fraction of sp³-hybridized carbons (Fsp3) is 0.857. The summed E-state index contributed by atoms with van der Waals surface area (Å²) in [5.41, 5.74) is 0. The van der Waals surface area contributed by atoms with Crippen LogP contribution in [-0.2, 0) is 9.59 Å². The first-order valence-electron chi connectivity index (χ1n) is 7.21. The lowest BCUT2D eigenvalue weighted by atomic mass is 10.0. The van der Waals surface area contributed by atoms with Gasteiger partial charge in [0.15, 0.2) is 0 Å². The zero-order valence-corrected chi connectivity index (χ0v) is 12.0. The maximum absolute atomic E-state index is 11.8. The van der Waals surface area contributed by atoms with Crippen molar-refractivity contribution in [2.24, 2.45) is 5.92 Å². The molecule has 110 valence electrons. The van der Waals surface area contributed by atoms with Crippen LogP contribution >= 0.6 is 0 Å². The average Bonchev–Trinajstić information content (AvgIpc) is 2.28. The second-order valence-electron chi connectivity index (χ2n) is 5.74. The number of piperidine rings is 1. The molecule has 5 heteroatoms. The molecule has 0 spiro atoms. The topological polar surface area (TPSA) is 69.6 Å². The number of amides is 1. The van der Waals surface area contributed by atoms with Crippen LogP contribution in [0.4, 0.5) is 0 Å². The number of carbonyl (C=O) groups excluding carboxylic acids is 1. The summed E-state index contributed by atoms with van der Waals surface area (Å²) in [5, 5.41) is 11.6. The molecule has 1 saturated heterocycles. The molecular weight excluding hydrogens is 244 g/mol. The van der Waals surface area contributed by atoms with E-state index >= 15 is 0 Å². The van der Waals surface area contributed by atoms with Gasteiger partial charge in [-0.1, -0.05) is 13.3 Å². The number of nitrogens with zero attached hydrogens (tertiary/aromatic N) is 1. The molecule has 1 aliphatic heterocycles. The van der Waals surface area contributed by atoms with E-state index in [4.69, 9.17) is 5.11 Å². The van der Waals surface area contributed by atoms with E-state index in [-0.39, 0.29) is 30.7 Å². The van der Waals surface area contributed by atoms with Crippen LogP contribution in [0.5, 0.6) is 0 Å². The Morgan fingerprint density at radius 3 is 2.37 bits per heavy atom. The lowest BCUT2D eigenvalue weighted by Gasteiger charge is -2.29. The summed E-state index contributed by atoms with van der Waals surface area (Å²) in [7, 11) is 0. The molecule has 1 rings (SSSR count). The highest BCUT2D eigenvalue weighted by Gasteiger charge is 2.17. The maximum Gasteiger partial charge on any atom is 0.303 e. The van der Waals surface area contributed by atoms with Crippen molar-refractivity contribution in [1.82, 2.24) is 10.2 Å². The third kappa shape index (κ3) is 7.15. The van der Waals surface area contributed by atoms with Crippen LogP contribution in [0.15, 0.2) is 0 Å². The molecule has 0 radical (unpaired) electrons. The van der Waals surface area contributed by atoms with Gasteiger partial charge in [0.05, 0.1) is 0 Å². The fourth-order valence-corrected chi connectivity index (χ4v) is 2.60. The molecular formula is C14H26N2O3. The van der Waals surface area contributed by atoms with Crippen LogP contribution in [0, 0.1) is 5.92 Å². The molecule has 0 bridgehead atoms. The SMILES string of the molecule is CC(CC(=O)O)CC(=O)NC(C)CN1CCCCC1. The van der Waals surface area contributed by atoms with Crippen molar-refractivity contribution in [3.05, 3.63) is 0 Å². The van der Waals surface area contributed by atoms with E-state index < -0.39 is 5.97 Å². The summed E-state index contributed by atoms with van der Waals surface area (Å²) >= 11 is 0. The Labute approximate surface area is 115 Å². The first kappa shape index (κ1) is 16.0. The van der Waals surface area contributed by atoms with Gasteiger partial charge in [-0.05, 0) is 38.8 Å². The van der Waals surface area contributed by atoms with E-state index in [1.807, 2.05) is 6.92 Å². The standard InChI is InChI=1S/C14H26N2O3/c1-11(9-14(18)19)8-13(17)15-12(2)10-16-6-4-3-5-7-16/h11-12H,3-10H2,1-2H3,(H,15,17)(H,18,19). The van der Waals surface area contributed by atoms with Gasteiger partial charge in [0.2, 0.25) is 5.91 Å². The van der Waals surface area contributed by atoms with Crippen LogP contribution < -0.4 is 5.32 Å². The summed E-state index contributed by atoms with van der Waals surface area (Å²) in [6.07, 6.45) is 4.14. The third-order valence-electron chi connectivity index (χ3n) is 3.45. The Hall–Kier alpha value is -1.10. The summed E-state index contributed by atoms with van der Waals surface area (Å²) in [6, 6.07) is 0.127. The van der Waals surface area contributed by atoms with E-state index in [1.54, 1.807) is 6.92 Å². The van der Waals surface area contributed by atoms with Crippen molar-refractivity contribution in [3.63, 3.8) is 0 Å². The van der Waals surface area contributed by atoms with Gasteiger partial charge in [-0.15, -0.1) is 0 Å². The van der Waals surface area contributed by atoms with Crippen molar-refractivity contribution < 1.29 is 14.7 Å². The van der Waals surface area contributed by atoms with Crippen molar-refractivity contribution in [2.45, 2.75) is 52.0 Å². The average molecular weight is 270 g/mol. The van der Waals surface area contributed by atoms with E-state index in [1.165, 1.54) is 19.3 Å². The van der Waals surface area contributed by atoms with Gasteiger partial charge >= 0.3 is 5.97 Å². The number of hydrogen-bond acceptors (Lipinski definition) is 3. The van der Waals surface area contributed by atoms with Crippen LogP contribution in [0.3, 0.4) is 0 Å². The maximum atomic E-state index is 11.8. The summed E-state index contributed by atoms with van der Waals surface area (Å²) in [5.74, 6) is -1.00. The zero-order chi connectivity index (χ0) is 14.3. The third-order valence-corrected chi connectivity index (χ3v) is 3.45. The largest absolute Gasteiger partial charge is 0.481 e. The van der Waals surface area contributed by atoms with Gasteiger partial charge in [0.25, 0.3) is 0 Å². The number of rotatable bonds is 7. The molecule has 0 aromatic carbocycles. The second-order valence-corrected chi connectivity index (χ2v) is 5.74. The molecule has 0 aromatic rings. The van der Waals surface area contributed by atoms with Crippen molar-refractivity contribution in [3.8, 4) is 0 Å². The second kappa shape index (κ2) is 8.15. The Morgan fingerprint density at radius 1 is 1.16 bits per heavy atom. The molecule has 1 aliphatic rings. The molecule has 0 aromatic heterocycles. The summed E-state index contributed by atoms with van der Waals surface area (Å²) < 4.78 is 0. The number of likely N-dealkylation sites (tertiary alicyclic amines) is 1. The monoisotopic (exact) mass is 270 g/mol. The van der Waals surface area contributed by atoms with E-state index in [0.29, 0.717) is 0 Å². The molecule has 5 nitrogen and oxygen atoms in total. The molecule has 0 aliphatic carbocycles. The molecule has 1 amide bonds. The number of nitrogens with one attached hydrogen (secondary N) is 1. The Bertz CT molecular complexity index is 301. The summed E-state index contributed by atoms with van der Waals surface area (Å²) in [6.45, 7) is 6.93. The van der Waals surface area contributed by atoms with Crippen LogP contribution in [0.2, 0.25) is 0 Å². The predicted octanol–water partition coefficient (Wildman–Crippen LogP) is 1.48. The molecule has 0 saturated carbocycles. The first-order chi connectivity index (χ1) is 8.97. The van der Waals surface area contributed by atoms with Gasteiger partial charge in [0, 0.05) is 25.4 Å². The minimum atomic E-state index is -0.846. The summed E-state index contributed by atoms with van der Waals surface area (Å²) in [4.78, 5) is 24.7. The van der Waals surface area contributed by atoms with Crippen LogP contribution in [0.25, 0.3) is 0 Å². The molecule has 1 fully saturated rings. The molecule has 2 unspecified atom stereocenters. The lowest BCUT2D eigenvalue weighted by molar-refractivity contribution is -0.138. The Morgan fingerprint density at radius 2 is 1.79 bits per heavy atom. The smallest absolute Gasteiger partial charge is 0.303 e. The molecule has 1 heterocycles. The van der Waals surface area contributed by atoms with E-state index in [2.05, 4.69) is 10.2 Å². The van der Waals surface area contributed by atoms with E-state index in [9.17, 15) is 9.59 Å². The lowest BCUT2D eigenvalue weighted by Crippen LogP contribution is -2.44. The van der Waals surface area contributed by atoms with Crippen LogP contribution in [-0.4, -0.2) is 47.6 Å². The minimum absolute atomic E-state index is 0.0433. The number of carboxylic acids is 1. The zero-order valence-electron chi connectivity index (χ0n) is 12.0. The highest BCUT2D eigenvalue weighted by molar-refractivity contribution is 5.77. The van der Waals surface area contributed by atoms with Crippen molar-refractivity contribution >= 4 is 11.9 Å². The van der Waals surface area contributed by atoms with Gasteiger partial charge in [-0.25, -0.2) is 0 Å². The minimum Gasteiger partial charge on any atom is -0.481 e. The number of aliphatic carboxylic acids is 1. The van der Waals surface area contributed by atoms with Crippen molar-refractivity contribution in [1.29, 1.82) is 0 Å². The number of carbonyl (C=O) groups is 2. The number of carboxylic acid groups (broad SMARTS) is 1. The van der Waals surface area contributed by atoms with Gasteiger partial charge in [-0.2, -0.15) is 0 Å². The Kier molecular flexibility index (Phi) is 6.84. The molecule has 19 heavy (non-hydrogen) atoms. The first-order valence-corrected chi connectivity index (χ1v) is 7.21. The Balaban J connectivity index is 2.21. The van der Waals surface area contributed by atoms with Crippen LogP contribution in [0.1, 0.15) is 46.0 Å². The quantitative estimate of drug-likeness (QED) is 0.735. The predicted molar refractivity (Wildman–Crippen MR) is 73.9 cm³/mol. The van der Waals surface area contributed by atoms with E-state index in [0.717, 1.165) is 19.6 Å². The van der Waals surface area contributed by atoms with Gasteiger partial charge in [-0.3, -0.25) is 9.59 Å². The van der Waals surface area contributed by atoms with Crippen molar-refractivity contribution in [2.75, 3.05) is 19.6 Å². The molecule has 2 atom stereocenters. The molecule has 2 N–H and O–H groups in total. The highest BCUT2D eigenvalue weighted by atomic mass is 16.4.